The molecule has 0 aliphatic carbocycles. The van der Waals surface area contributed by atoms with E-state index in [2.05, 4.69) is 20.7 Å². The summed E-state index contributed by atoms with van der Waals surface area (Å²) in [6, 6.07) is 25.6. The number of nitrogens with zero attached hydrogens (tertiary/aromatic N) is 2. The molecular formula is C24H20N4O3. The van der Waals surface area contributed by atoms with Crippen LogP contribution in [-0.2, 0) is 6.61 Å². The van der Waals surface area contributed by atoms with Crippen LogP contribution in [0.3, 0.4) is 0 Å². The number of H-pyrrole nitrogens is 1. The van der Waals surface area contributed by atoms with E-state index in [4.69, 9.17) is 4.74 Å². The van der Waals surface area contributed by atoms with Crippen LogP contribution in [0.1, 0.15) is 21.6 Å². The molecule has 1 amide bonds. The predicted molar refractivity (Wildman–Crippen MR) is 118 cm³/mol. The Hall–Kier alpha value is -4.39. The molecule has 0 atom stereocenters. The van der Waals surface area contributed by atoms with Gasteiger partial charge in [0, 0.05) is 5.56 Å². The number of hydrogen-bond acceptors (Lipinski definition) is 5. The lowest BCUT2D eigenvalue weighted by Crippen LogP contribution is -2.17. The molecule has 31 heavy (non-hydrogen) atoms. The van der Waals surface area contributed by atoms with E-state index >= 15 is 0 Å². The van der Waals surface area contributed by atoms with Gasteiger partial charge >= 0.3 is 0 Å². The SMILES string of the molecule is O=C(NN=Cc1ccc(O)cc1)c1cc(-c2ccc(OCc3ccccc3)cc2)n[nH]1. The number of amides is 1. The number of carbonyl (C=O) groups excluding carboxylic acids is 1. The van der Waals surface area contributed by atoms with Crippen molar-refractivity contribution in [3.05, 3.63) is 102 Å². The summed E-state index contributed by atoms with van der Waals surface area (Å²) in [5.74, 6) is 0.517. The summed E-state index contributed by atoms with van der Waals surface area (Å²) in [7, 11) is 0. The number of aromatic hydroxyl groups is 1. The molecule has 1 aromatic heterocycles. The molecule has 0 fully saturated rings. The first-order valence-corrected chi connectivity index (χ1v) is 9.62. The minimum absolute atomic E-state index is 0.168. The van der Waals surface area contributed by atoms with E-state index in [1.54, 1.807) is 30.3 Å². The number of rotatable bonds is 7. The lowest BCUT2D eigenvalue weighted by molar-refractivity contribution is 0.0950. The summed E-state index contributed by atoms with van der Waals surface area (Å²) in [4.78, 5) is 12.3. The van der Waals surface area contributed by atoms with Crippen molar-refractivity contribution in [2.75, 3.05) is 0 Å². The summed E-state index contributed by atoms with van der Waals surface area (Å²) < 4.78 is 5.79. The molecule has 0 saturated heterocycles. The van der Waals surface area contributed by atoms with E-state index in [1.165, 1.54) is 6.21 Å². The van der Waals surface area contributed by atoms with Crippen molar-refractivity contribution < 1.29 is 14.6 Å². The zero-order valence-corrected chi connectivity index (χ0v) is 16.5. The van der Waals surface area contributed by atoms with Crippen molar-refractivity contribution >= 4 is 12.1 Å². The van der Waals surface area contributed by atoms with Crippen molar-refractivity contribution in [3.8, 4) is 22.8 Å². The third kappa shape index (κ3) is 5.36. The van der Waals surface area contributed by atoms with E-state index in [-0.39, 0.29) is 5.75 Å². The van der Waals surface area contributed by atoms with Crippen LogP contribution in [0.2, 0.25) is 0 Å². The smallest absolute Gasteiger partial charge is 0.289 e. The number of carbonyl (C=O) groups is 1. The van der Waals surface area contributed by atoms with E-state index < -0.39 is 5.91 Å². The van der Waals surface area contributed by atoms with Crippen LogP contribution in [0.25, 0.3) is 11.3 Å². The third-order valence-corrected chi connectivity index (χ3v) is 4.49. The van der Waals surface area contributed by atoms with Gasteiger partial charge in [-0.3, -0.25) is 9.89 Å². The summed E-state index contributed by atoms with van der Waals surface area (Å²) >= 11 is 0. The van der Waals surface area contributed by atoms with Crippen LogP contribution in [-0.4, -0.2) is 27.4 Å². The van der Waals surface area contributed by atoms with Gasteiger partial charge in [-0.2, -0.15) is 10.2 Å². The van der Waals surface area contributed by atoms with Crippen LogP contribution in [0.4, 0.5) is 0 Å². The topological polar surface area (TPSA) is 99.6 Å². The van der Waals surface area contributed by atoms with Gasteiger partial charge < -0.3 is 9.84 Å². The highest BCUT2D eigenvalue weighted by Gasteiger charge is 2.10. The fourth-order valence-corrected chi connectivity index (χ4v) is 2.83. The average molecular weight is 412 g/mol. The van der Waals surface area contributed by atoms with Crippen molar-refractivity contribution in [1.29, 1.82) is 0 Å². The Morgan fingerprint density at radius 3 is 2.52 bits per heavy atom. The second-order valence-electron chi connectivity index (χ2n) is 6.76. The number of hydrazone groups is 1. The van der Waals surface area contributed by atoms with Crippen molar-refractivity contribution in [2.24, 2.45) is 5.10 Å². The molecule has 0 radical (unpaired) electrons. The summed E-state index contributed by atoms with van der Waals surface area (Å²) in [5.41, 5.74) is 6.08. The van der Waals surface area contributed by atoms with Crippen LogP contribution in [0, 0.1) is 0 Å². The highest BCUT2D eigenvalue weighted by atomic mass is 16.5. The predicted octanol–water partition coefficient (Wildman–Crippen LogP) is 4.13. The maximum absolute atomic E-state index is 12.3. The minimum atomic E-state index is -0.406. The Morgan fingerprint density at radius 2 is 1.77 bits per heavy atom. The molecule has 154 valence electrons. The van der Waals surface area contributed by atoms with Crippen molar-refractivity contribution in [2.45, 2.75) is 6.61 Å². The molecule has 0 aliphatic rings. The molecule has 0 spiro atoms. The maximum Gasteiger partial charge on any atom is 0.289 e. The van der Waals surface area contributed by atoms with Gasteiger partial charge in [0.15, 0.2) is 0 Å². The molecule has 0 unspecified atom stereocenters. The highest BCUT2D eigenvalue weighted by molar-refractivity contribution is 5.94. The molecule has 0 bridgehead atoms. The standard InChI is InChI=1S/C24H20N4O3/c29-20-10-6-17(7-11-20)15-25-28-24(30)23-14-22(26-27-23)19-8-12-21(13-9-19)31-16-18-4-2-1-3-5-18/h1-15,29H,16H2,(H,26,27)(H,28,30). The number of aromatic nitrogens is 2. The van der Waals surface area contributed by atoms with E-state index in [9.17, 15) is 9.90 Å². The molecule has 1 heterocycles. The molecule has 4 rings (SSSR count). The maximum atomic E-state index is 12.3. The van der Waals surface area contributed by atoms with Gasteiger partial charge in [-0.1, -0.05) is 30.3 Å². The van der Waals surface area contributed by atoms with Gasteiger partial charge in [0.25, 0.3) is 5.91 Å². The molecular weight excluding hydrogens is 392 g/mol. The second-order valence-corrected chi connectivity index (χ2v) is 6.76. The zero-order chi connectivity index (χ0) is 21.5. The number of ether oxygens (including phenoxy) is 1. The fraction of sp³-hybridized carbons (Fsp3) is 0.0417. The number of hydrogen-bond donors (Lipinski definition) is 3. The molecule has 3 aromatic carbocycles. The molecule has 7 heteroatoms. The van der Waals surface area contributed by atoms with E-state index in [0.29, 0.717) is 18.0 Å². The minimum Gasteiger partial charge on any atom is -0.508 e. The molecule has 0 aliphatic heterocycles. The molecule has 7 nitrogen and oxygen atoms in total. The highest BCUT2D eigenvalue weighted by Crippen LogP contribution is 2.22. The average Bonchev–Trinajstić information content (AvgIpc) is 3.30. The Bertz CT molecular complexity index is 1170. The lowest BCUT2D eigenvalue weighted by Gasteiger charge is -2.06. The first-order valence-electron chi connectivity index (χ1n) is 9.62. The third-order valence-electron chi connectivity index (χ3n) is 4.49. The number of phenols is 1. The Morgan fingerprint density at radius 1 is 1.03 bits per heavy atom. The Labute approximate surface area is 179 Å². The second kappa shape index (κ2) is 9.41. The summed E-state index contributed by atoms with van der Waals surface area (Å²) in [5, 5.41) is 20.1. The monoisotopic (exact) mass is 412 g/mol. The number of nitrogens with one attached hydrogen (secondary N) is 2. The Balaban J connectivity index is 1.34. The van der Waals surface area contributed by atoms with Gasteiger partial charge in [0.05, 0.1) is 11.9 Å². The van der Waals surface area contributed by atoms with Gasteiger partial charge in [0.2, 0.25) is 0 Å². The van der Waals surface area contributed by atoms with E-state index in [0.717, 1.165) is 22.4 Å². The summed E-state index contributed by atoms with van der Waals surface area (Å²) in [6.45, 7) is 0.498. The summed E-state index contributed by atoms with van der Waals surface area (Å²) in [6.07, 6.45) is 1.49. The van der Waals surface area contributed by atoms with Crippen LogP contribution in [0.5, 0.6) is 11.5 Å². The van der Waals surface area contributed by atoms with Crippen molar-refractivity contribution in [1.82, 2.24) is 15.6 Å². The molecule has 3 N–H and O–H groups in total. The fourth-order valence-electron chi connectivity index (χ4n) is 2.83. The van der Waals surface area contributed by atoms with Gasteiger partial charge in [0.1, 0.15) is 23.8 Å². The largest absolute Gasteiger partial charge is 0.508 e. The van der Waals surface area contributed by atoms with Crippen LogP contribution >= 0.6 is 0 Å². The first kappa shape index (κ1) is 19.9. The zero-order valence-electron chi connectivity index (χ0n) is 16.5. The van der Waals surface area contributed by atoms with Gasteiger partial charge in [-0.15, -0.1) is 0 Å². The van der Waals surface area contributed by atoms with E-state index in [1.807, 2.05) is 54.6 Å². The van der Waals surface area contributed by atoms with Crippen molar-refractivity contribution in [3.63, 3.8) is 0 Å². The normalized spacial score (nSPS) is 10.8. The quantitative estimate of drug-likeness (QED) is 0.314. The number of phenolic OH excluding ortho intramolecular Hbond substituents is 1. The molecule has 4 aromatic rings. The van der Waals surface area contributed by atoms with Crippen LogP contribution < -0.4 is 10.2 Å². The van der Waals surface area contributed by atoms with Gasteiger partial charge in [-0.05, 0) is 65.7 Å². The number of benzene rings is 3. The number of aromatic amines is 1. The van der Waals surface area contributed by atoms with Gasteiger partial charge in [-0.25, -0.2) is 5.43 Å². The van der Waals surface area contributed by atoms with Crippen LogP contribution in [0.15, 0.2) is 90.0 Å². The molecule has 0 saturated carbocycles. The Kier molecular flexibility index (Phi) is 6.04. The lowest BCUT2D eigenvalue weighted by atomic mass is 10.1. The first-order chi connectivity index (χ1) is 15.2.